The van der Waals surface area contributed by atoms with Crippen molar-refractivity contribution in [3.63, 3.8) is 0 Å². The minimum atomic E-state index is -3.59. The highest BCUT2D eigenvalue weighted by Gasteiger charge is 2.27. The molecule has 138 valence electrons. The number of carbonyl (C=O) groups excluding carboxylic acids is 1. The van der Waals surface area contributed by atoms with E-state index in [-0.39, 0.29) is 23.3 Å². The number of aliphatic hydroxyl groups is 1. The smallest absolute Gasteiger partial charge is 0.240 e. The van der Waals surface area contributed by atoms with Gasteiger partial charge in [-0.1, -0.05) is 12.5 Å². The van der Waals surface area contributed by atoms with Crippen molar-refractivity contribution < 1.29 is 18.3 Å². The van der Waals surface area contributed by atoms with Crippen LogP contribution in [0.25, 0.3) is 0 Å². The molecule has 1 aliphatic carbocycles. The summed E-state index contributed by atoms with van der Waals surface area (Å²) in [4.78, 5) is 13.6. The number of hydrogen-bond acceptors (Lipinski definition) is 4. The topological polar surface area (TPSA) is 86.7 Å². The average molecular weight is 366 g/mol. The summed E-state index contributed by atoms with van der Waals surface area (Å²) in [5.74, 6) is 0.0529. The van der Waals surface area contributed by atoms with Gasteiger partial charge < -0.3 is 10.0 Å². The molecule has 1 aliphatic heterocycles. The first-order valence-corrected chi connectivity index (χ1v) is 10.4. The second-order valence-corrected chi connectivity index (χ2v) is 8.81. The number of nitrogens with one attached hydrogen (secondary N) is 1. The lowest BCUT2D eigenvalue weighted by molar-refractivity contribution is -0.128. The molecule has 25 heavy (non-hydrogen) atoms. The Kier molecular flexibility index (Phi) is 5.46. The zero-order chi connectivity index (χ0) is 18.0. The van der Waals surface area contributed by atoms with Gasteiger partial charge in [-0.15, -0.1) is 0 Å². The zero-order valence-electron chi connectivity index (χ0n) is 14.6. The Morgan fingerprint density at radius 1 is 1.24 bits per heavy atom. The van der Waals surface area contributed by atoms with Gasteiger partial charge in [0.15, 0.2) is 0 Å². The van der Waals surface area contributed by atoms with Crippen molar-refractivity contribution in [3.8, 4) is 0 Å². The summed E-state index contributed by atoms with van der Waals surface area (Å²) in [7, 11) is -3.59. The van der Waals surface area contributed by atoms with E-state index in [0.717, 1.165) is 36.8 Å². The van der Waals surface area contributed by atoms with Crippen molar-refractivity contribution >= 4 is 15.9 Å². The van der Waals surface area contributed by atoms with Gasteiger partial charge in [-0.05, 0) is 54.9 Å². The Balaban J connectivity index is 1.72. The molecule has 2 aliphatic rings. The molecule has 2 atom stereocenters. The number of sulfonamides is 1. The number of nitrogens with zero attached hydrogens (tertiary/aromatic N) is 1. The molecule has 0 radical (unpaired) electrons. The van der Waals surface area contributed by atoms with Crippen LogP contribution in [0.1, 0.15) is 37.3 Å². The first-order valence-electron chi connectivity index (χ1n) is 8.92. The molecular weight excluding hydrogens is 340 g/mol. The van der Waals surface area contributed by atoms with Gasteiger partial charge in [0.1, 0.15) is 0 Å². The first kappa shape index (κ1) is 18.4. The number of aliphatic hydroxyl groups excluding tert-OH is 1. The van der Waals surface area contributed by atoms with E-state index in [1.165, 1.54) is 0 Å². The van der Waals surface area contributed by atoms with Crippen LogP contribution < -0.4 is 4.72 Å². The molecule has 1 heterocycles. The fourth-order valence-electron chi connectivity index (χ4n) is 3.74. The fourth-order valence-corrected chi connectivity index (χ4v) is 4.88. The van der Waals surface area contributed by atoms with Crippen molar-refractivity contribution in [2.24, 2.45) is 5.92 Å². The quantitative estimate of drug-likeness (QED) is 0.835. The summed E-state index contributed by atoms with van der Waals surface area (Å²) >= 11 is 0. The van der Waals surface area contributed by atoms with Gasteiger partial charge in [0, 0.05) is 26.6 Å². The molecule has 1 amide bonds. The van der Waals surface area contributed by atoms with Gasteiger partial charge in [0.25, 0.3) is 0 Å². The van der Waals surface area contributed by atoms with E-state index in [4.69, 9.17) is 0 Å². The summed E-state index contributed by atoms with van der Waals surface area (Å²) in [5, 5.41) is 9.85. The van der Waals surface area contributed by atoms with Crippen molar-refractivity contribution in [1.82, 2.24) is 9.62 Å². The van der Waals surface area contributed by atoms with Crippen LogP contribution in [-0.4, -0.2) is 50.1 Å². The van der Waals surface area contributed by atoms with E-state index >= 15 is 0 Å². The van der Waals surface area contributed by atoms with Gasteiger partial charge in [-0.25, -0.2) is 13.1 Å². The highest BCUT2D eigenvalue weighted by Crippen LogP contribution is 2.26. The summed E-state index contributed by atoms with van der Waals surface area (Å²) in [6, 6.07) is 5.22. The fraction of sp³-hybridized carbons (Fsp3) is 0.611. The largest absolute Gasteiger partial charge is 0.393 e. The summed E-state index contributed by atoms with van der Waals surface area (Å²) in [5.41, 5.74) is 2.10. The molecule has 0 unspecified atom stereocenters. The van der Waals surface area contributed by atoms with E-state index in [2.05, 4.69) is 4.72 Å². The van der Waals surface area contributed by atoms with Crippen LogP contribution >= 0.6 is 0 Å². The van der Waals surface area contributed by atoms with Gasteiger partial charge >= 0.3 is 0 Å². The molecule has 7 heteroatoms. The molecule has 1 aromatic rings. The molecular formula is C18H26N2O4S. The summed E-state index contributed by atoms with van der Waals surface area (Å²) in [6.45, 7) is 3.13. The maximum absolute atomic E-state index is 12.6. The van der Waals surface area contributed by atoms with Crippen molar-refractivity contribution in [3.05, 3.63) is 29.3 Å². The second-order valence-electron chi connectivity index (χ2n) is 7.05. The number of amides is 1. The van der Waals surface area contributed by atoms with Gasteiger partial charge in [-0.3, -0.25) is 4.79 Å². The standard InChI is InChI=1S/C18H26N2O4S/c1-13(21)20-9-7-14-5-6-17(11-15(14)8-10-20)25(23,24)19-12-16-3-2-4-18(16)22/h5-6,11,16,18-19,22H,2-4,7-10,12H2,1H3/t16-,18+/m1/s1. The van der Waals surface area contributed by atoms with Crippen LogP contribution in [0.2, 0.25) is 0 Å². The first-order chi connectivity index (χ1) is 11.9. The van der Waals surface area contributed by atoms with E-state index in [1.54, 1.807) is 24.0 Å². The predicted molar refractivity (Wildman–Crippen MR) is 94.6 cm³/mol. The molecule has 3 rings (SSSR count). The monoisotopic (exact) mass is 366 g/mol. The summed E-state index contributed by atoms with van der Waals surface area (Å²) in [6.07, 6.45) is 3.55. The number of benzene rings is 1. The highest BCUT2D eigenvalue weighted by molar-refractivity contribution is 7.89. The number of carbonyl (C=O) groups is 1. The molecule has 0 spiro atoms. The van der Waals surface area contributed by atoms with Gasteiger partial charge in [0.05, 0.1) is 11.0 Å². The lowest BCUT2D eigenvalue weighted by Gasteiger charge is -2.17. The van der Waals surface area contributed by atoms with Crippen LogP contribution in [0.3, 0.4) is 0 Å². The van der Waals surface area contributed by atoms with E-state index in [0.29, 0.717) is 19.5 Å². The minimum absolute atomic E-state index is 0.000253. The van der Waals surface area contributed by atoms with Crippen LogP contribution in [0.5, 0.6) is 0 Å². The molecule has 2 N–H and O–H groups in total. The maximum Gasteiger partial charge on any atom is 0.240 e. The van der Waals surface area contributed by atoms with Gasteiger partial charge in [0.2, 0.25) is 15.9 Å². The van der Waals surface area contributed by atoms with Crippen LogP contribution in [0.15, 0.2) is 23.1 Å². The van der Waals surface area contributed by atoms with Crippen LogP contribution in [0.4, 0.5) is 0 Å². The SMILES string of the molecule is CC(=O)N1CCc2ccc(S(=O)(=O)NC[C@H]3CCC[C@@H]3O)cc2CC1. The third kappa shape index (κ3) is 4.22. The van der Waals surface area contributed by atoms with Crippen molar-refractivity contribution in [1.29, 1.82) is 0 Å². The number of rotatable bonds is 4. The average Bonchev–Trinajstić information content (AvgIpc) is 2.86. The molecule has 6 nitrogen and oxygen atoms in total. The van der Waals surface area contributed by atoms with E-state index in [9.17, 15) is 18.3 Å². The molecule has 0 saturated heterocycles. The second kappa shape index (κ2) is 7.43. The lowest BCUT2D eigenvalue weighted by Crippen LogP contribution is -2.32. The Bertz CT molecular complexity index is 747. The minimum Gasteiger partial charge on any atom is -0.393 e. The van der Waals surface area contributed by atoms with Crippen LogP contribution in [0, 0.1) is 5.92 Å². The molecule has 1 fully saturated rings. The molecule has 0 bridgehead atoms. The highest BCUT2D eigenvalue weighted by atomic mass is 32.2. The third-order valence-electron chi connectivity index (χ3n) is 5.39. The third-order valence-corrected chi connectivity index (χ3v) is 6.81. The van der Waals surface area contributed by atoms with Gasteiger partial charge in [-0.2, -0.15) is 0 Å². The number of hydrogen-bond donors (Lipinski definition) is 2. The van der Waals surface area contributed by atoms with Crippen molar-refractivity contribution in [2.75, 3.05) is 19.6 Å². The molecule has 1 saturated carbocycles. The molecule has 1 aromatic carbocycles. The van der Waals surface area contributed by atoms with Crippen LogP contribution in [-0.2, 0) is 27.7 Å². The number of fused-ring (bicyclic) bond motifs is 1. The Labute approximate surface area is 149 Å². The van der Waals surface area contributed by atoms with Crippen molar-refractivity contribution in [2.45, 2.75) is 50.0 Å². The van der Waals surface area contributed by atoms with E-state index in [1.807, 2.05) is 6.07 Å². The lowest BCUT2D eigenvalue weighted by atomic mass is 10.0. The molecule has 0 aromatic heterocycles. The zero-order valence-corrected chi connectivity index (χ0v) is 15.4. The predicted octanol–water partition coefficient (Wildman–Crippen LogP) is 1.07. The normalized spacial score (nSPS) is 24.0. The maximum atomic E-state index is 12.6. The Hall–Kier alpha value is -1.44. The Morgan fingerprint density at radius 2 is 1.96 bits per heavy atom. The Morgan fingerprint density at radius 3 is 2.60 bits per heavy atom. The summed E-state index contributed by atoms with van der Waals surface area (Å²) < 4.78 is 27.8. The van der Waals surface area contributed by atoms with E-state index < -0.39 is 16.1 Å².